The van der Waals surface area contributed by atoms with Crippen molar-refractivity contribution in [3.8, 4) is 12.3 Å². The van der Waals surface area contributed by atoms with Crippen molar-refractivity contribution >= 4 is 39.8 Å². The first-order valence-corrected chi connectivity index (χ1v) is 16.1. The van der Waals surface area contributed by atoms with Gasteiger partial charge in [-0.1, -0.05) is 36.0 Å². The summed E-state index contributed by atoms with van der Waals surface area (Å²) in [6.07, 6.45) is 10.5. The second-order valence-electron chi connectivity index (χ2n) is 10.3. The molecule has 2 unspecified atom stereocenters. The first-order chi connectivity index (χ1) is 20.2. The Bertz CT molecular complexity index is 1290. The lowest BCUT2D eigenvalue weighted by Gasteiger charge is -2.26. The van der Waals surface area contributed by atoms with Gasteiger partial charge >= 0.3 is 18.0 Å². The minimum atomic E-state index is -4.37. The molecule has 0 N–H and O–H groups in total. The summed E-state index contributed by atoms with van der Waals surface area (Å²) in [5.41, 5.74) is 7.40. The van der Waals surface area contributed by atoms with E-state index in [0.29, 0.717) is 23.9 Å². The highest BCUT2D eigenvalue weighted by molar-refractivity contribution is 8.01. The second-order valence-corrected chi connectivity index (χ2v) is 13.9. The van der Waals surface area contributed by atoms with E-state index in [0.717, 1.165) is 19.3 Å². The molecular weight excluding hydrogens is 596 g/mol. The van der Waals surface area contributed by atoms with Gasteiger partial charge in [-0.2, -0.15) is 4.31 Å². The summed E-state index contributed by atoms with van der Waals surface area (Å²) in [6, 6.07) is 4.91. The first-order valence-electron chi connectivity index (χ1n) is 13.7. The van der Waals surface area contributed by atoms with Crippen LogP contribution in [-0.4, -0.2) is 73.2 Å². The van der Waals surface area contributed by atoms with E-state index in [-0.39, 0.29) is 34.8 Å². The monoisotopic (exact) mass is 636 g/mol. The number of unbranched alkanes of at least 4 members (excludes halogenated alkanes) is 3. The summed E-state index contributed by atoms with van der Waals surface area (Å²) < 4.78 is 43.0. The number of carbonyl (C=O) groups is 3. The van der Waals surface area contributed by atoms with Crippen molar-refractivity contribution in [3.63, 3.8) is 0 Å². The SMILES string of the molecule is C#CCOC(=O)c1ccc(S(=O)(=O)N(C/C=C/C(C)SC(C)C(=O)OCCCCCCN=[N+]=[N-])C(=O)OC(C)(C)C)cc1. The summed E-state index contributed by atoms with van der Waals surface area (Å²) in [4.78, 5) is 39.8. The summed E-state index contributed by atoms with van der Waals surface area (Å²) >= 11 is 1.32. The van der Waals surface area contributed by atoms with Crippen LogP contribution in [0.1, 0.15) is 70.7 Å². The van der Waals surface area contributed by atoms with Crippen LogP contribution in [0.25, 0.3) is 10.4 Å². The van der Waals surface area contributed by atoms with Crippen molar-refractivity contribution in [1.82, 2.24) is 4.31 Å². The Hall–Kier alpha value is -3.66. The Morgan fingerprint density at radius 2 is 1.77 bits per heavy atom. The van der Waals surface area contributed by atoms with Gasteiger partial charge in [0.2, 0.25) is 0 Å². The van der Waals surface area contributed by atoms with Gasteiger partial charge in [-0.3, -0.25) is 4.79 Å². The topological polar surface area (TPSA) is 165 Å². The third-order valence-corrected chi connectivity index (χ3v) is 8.38. The molecule has 1 aromatic carbocycles. The molecule has 0 aliphatic heterocycles. The maximum absolute atomic E-state index is 13.4. The lowest BCUT2D eigenvalue weighted by molar-refractivity contribution is -0.142. The molecule has 0 saturated carbocycles. The Morgan fingerprint density at radius 3 is 2.37 bits per heavy atom. The van der Waals surface area contributed by atoms with Crippen LogP contribution in [0.3, 0.4) is 0 Å². The van der Waals surface area contributed by atoms with Gasteiger partial charge in [0.1, 0.15) is 10.9 Å². The number of esters is 2. The number of hydrogen-bond donors (Lipinski definition) is 0. The highest BCUT2D eigenvalue weighted by Crippen LogP contribution is 2.22. The zero-order valence-corrected chi connectivity index (χ0v) is 26.9. The fraction of sp³-hybridized carbons (Fsp3) is 0.552. The van der Waals surface area contributed by atoms with Gasteiger partial charge in [0.25, 0.3) is 10.0 Å². The van der Waals surface area contributed by atoms with E-state index in [1.807, 2.05) is 6.92 Å². The van der Waals surface area contributed by atoms with Gasteiger partial charge in [-0.25, -0.2) is 18.0 Å². The Balaban J connectivity index is 2.84. The van der Waals surface area contributed by atoms with E-state index in [1.54, 1.807) is 33.8 Å². The molecule has 0 spiro atoms. The van der Waals surface area contributed by atoms with E-state index in [4.69, 9.17) is 26.2 Å². The largest absolute Gasteiger partial charge is 0.465 e. The van der Waals surface area contributed by atoms with Crippen molar-refractivity contribution in [2.24, 2.45) is 5.11 Å². The number of terminal acetylenes is 1. The van der Waals surface area contributed by atoms with Gasteiger partial charge < -0.3 is 14.2 Å². The number of ether oxygens (including phenoxy) is 3. The highest BCUT2D eigenvalue weighted by atomic mass is 32.2. The van der Waals surface area contributed by atoms with Crippen molar-refractivity contribution in [2.45, 2.75) is 81.3 Å². The minimum Gasteiger partial charge on any atom is -0.465 e. The molecule has 0 fully saturated rings. The lowest BCUT2D eigenvalue weighted by Crippen LogP contribution is -2.41. The summed E-state index contributed by atoms with van der Waals surface area (Å²) in [5.74, 6) is 1.11. The molecule has 12 nitrogen and oxygen atoms in total. The summed E-state index contributed by atoms with van der Waals surface area (Å²) in [5, 5.41) is 2.80. The van der Waals surface area contributed by atoms with Crippen LogP contribution in [0.4, 0.5) is 4.79 Å². The van der Waals surface area contributed by atoms with Crippen molar-refractivity contribution in [1.29, 1.82) is 0 Å². The Morgan fingerprint density at radius 1 is 1.12 bits per heavy atom. The number of hydrogen-bond acceptors (Lipinski definition) is 10. The lowest BCUT2D eigenvalue weighted by atomic mass is 10.2. The normalized spacial score (nSPS) is 12.8. The number of sulfonamides is 1. The number of nitrogens with zero attached hydrogens (tertiary/aromatic N) is 4. The quantitative estimate of drug-likeness (QED) is 0.0296. The van der Waals surface area contributed by atoms with Crippen molar-refractivity contribution < 1.29 is 37.0 Å². The fourth-order valence-corrected chi connectivity index (χ4v) is 5.68. The summed E-state index contributed by atoms with van der Waals surface area (Å²) in [6.45, 7) is 8.61. The second kappa shape index (κ2) is 18.8. The predicted molar refractivity (Wildman–Crippen MR) is 165 cm³/mol. The van der Waals surface area contributed by atoms with E-state index in [1.165, 1.54) is 42.1 Å². The van der Waals surface area contributed by atoms with E-state index in [2.05, 4.69) is 15.9 Å². The molecule has 0 saturated heterocycles. The number of carbonyl (C=O) groups excluding carboxylic acids is 3. The molecule has 2 atom stereocenters. The number of benzene rings is 1. The molecule has 0 bridgehead atoms. The molecule has 0 aliphatic rings. The zero-order valence-electron chi connectivity index (χ0n) is 25.2. The predicted octanol–water partition coefficient (Wildman–Crippen LogP) is 5.88. The number of thioether (sulfide) groups is 1. The first kappa shape index (κ1) is 37.4. The third kappa shape index (κ3) is 14.4. The van der Waals surface area contributed by atoms with Crippen LogP contribution >= 0.6 is 11.8 Å². The molecule has 0 heterocycles. The van der Waals surface area contributed by atoms with Crippen LogP contribution in [-0.2, 0) is 29.0 Å². The van der Waals surface area contributed by atoms with E-state index in [9.17, 15) is 22.8 Å². The van der Waals surface area contributed by atoms with E-state index >= 15 is 0 Å². The van der Waals surface area contributed by atoms with Crippen LogP contribution in [0.2, 0.25) is 0 Å². The molecule has 43 heavy (non-hydrogen) atoms. The molecular formula is C29H40N4O8S2. The van der Waals surface area contributed by atoms with Crippen molar-refractivity contribution in [3.05, 3.63) is 52.4 Å². The smallest absolute Gasteiger partial charge is 0.424 e. The average Bonchev–Trinajstić information content (AvgIpc) is 2.94. The molecule has 0 aromatic heterocycles. The third-order valence-electron chi connectivity index (χ3n) is 5.45. The number of azide groups is 1. The van der Waals surface area contributed by atoms with Gasteiger partial charge in [-0.05, 0) is 77.3 Å². The van der Waals surface area contributed by atoms with Crippen LogP contribution < -0.4 is 0 Å². The molecule has 14 heteroatoms. The van der Waals surface area contributed by atoms with Crippen LogP contribution in [0, 0.1) is 12.3 Å². The van der Waals surface area contributed by atoms with Gasteiger partial charge in [0.05, 0.1) is 23.6 Å². The fourth-order valence-electron chi connectivity index (χ4n) is 3.41. The molecule has 236 valence electrons. The van der Waals surface area contributed by atoms with Gasteiger partial charge in [0, 0.05) is 16.7 Å². The molecule has 1 aromatic rings. The average molecular weight is 637 g/mol. The highest BCUT2D eigenvalue weighted by Gasteiger charge is 2.32. The molecule has 1 rings (SSSR count). The number of rotatable bonds is 17. The number of amides is 1. The van der Waals surface area contributed by atoms with Gasteiger partial charge in [0.15, 0.2) is 6.61 Å². The van der Waals surface area contributed by atoms with Crippen LogP contribution in [0.15, 0.2) is 46.4 Å². The maximum Gasteiger partial charge on any atom is 0.424 e. The van der Waals surface area contributed by atoms with Crippen LogP contribution in [0.5, 0.6) is 0 Å². The molecule has 0 radical (unpaired) electrons. The minimum absolute atomic E-state index is 0.0960. The maximum atomic E-state index is 13.4. The molecule has 0 aliphatic carbocycles. The van der Waals surface area contributed by atoms with Gasteiger partial charge in [-0.15, -0.1) is 18.2 Å². The summed E-state index contributed by atoms with van der Waals surface area (Å²) in [7, 11) is -4.37. The standard InChI is InChI=1S/C29H40N4O8S2/c1-7-20-39-27(35)24-14-16-25(17-15-24)43(37,38)33(28(36)41-29(4,5)6)19-12-13-22(2)42-23(3)26(34)40-21-11-9-8-10-18-31-32-30/h1,12-17,22-23H,8-11,18-21H2,2-6H3/b13-12+. The Kier molecular flexibility index (Phi) is 16.3. The van der Waals surface area contributed by atoms with E-state index < -0.39 is 32.9 Å². The Labute approximate surface area is 258 Å². The zero-order chi connectivity index (χ0) is 32.5. The van der Waals surface area contributed by atoms with Crippen molar-refractivity contribution in [2.75, 3.05) is 26.3 Å². The molecule has 1 amide bonds.